The Balaban J connectivity index is 2.49. The summed E-state index contributed by atoms with van der Waals surface area (Å²) in [4.78, 5) is 22.3. The molecule has 0 radical (unpaired) electrons. The zero-order valence-corrected chi connectivity index (χ0v) is 9.02. The zero-order chi connectivity index (χ0) is 9.84. The molecule has 0 amide bonds. The lowest BCUT2D eigenvalue weighted by Gasteiger charge is -2.25. The van der Waals surface area contributed by atoms with Gasteiger partial charge in [0.15, 0.2) is 0 Å². The van der Waals surface area contributed by atoms with Crippen molar-refractivity contribution in [2.75, 3.05) is 5.75 Å². The highest BCUT2D eigenvalue weighted by Crippen LogP contribution is 2.29. The van der Waals surface area contributed by atoms with Gasteiger partial charge in [0.25, 0.3) is 0 Å². The Labute approximate surface area is 83.5 Å². The van der Waals surface area contributed by atoms with Gasteiger partial charge in [-0.05, 0) is 11.7 Å². The van der Waals surface area contributed by atoms with E-state index in [0.29, 0.717) is 24.0 Å². The maximum Gasteiger partial charge on any atom is 0.140 e. The topological polar surface area (TPSA) is 34.1 Å². The Bertz CT molecular complexity index is 197. The zero-order valence-electron chi connectivity index (χ0n) is 8.21. The highest BCUT2D eigenvalue weighted by atomic mass is 32.2. The van der Waals surface area contributed by atoms with E-state index in [1.54, 1.807) is 0 Å². The van der Waals surface area contributed by atoms with E-state index in [4.69, 9.17) is 0 Å². The van der Waals surface area contributed by atoms with Gasteiger partial charge in [0.05, 0.1) is 6.42 Å². The minimum atomic E-state index is 0.129. The first-order valence-electron chi connectivity index (χ1n) is 4.78. The van der Waals surface area contributed by atoms with Crippen molar-refractivity contribution in [3.05, 3.63) is 0 Å². The molecule has 1 fully saturated rings. The van der Waals surface area contributed by atoms with Crippen LogP contribution in [0.1, 0.15) is 33.1 Å². The SMILES string of the molecule is CCSC(C)C1CC(=O)CC(=O)C1. The Morgan fingerprint density at radius 1 is 1.38 bits per heavy atom. The smallest absolute Gasteiger partial charge is 0.140 e. The summed E-state index contributed by atoms with van der Waals surface area (Å²) in [5.74, 6) is 1.60. The lowest BCUT2D eigenvalue weighted by Crippen LogP contribution is -2.28. The lowest BCUT2D eigenvalue weighted by atomic mass is 9.85. The monoisotopic (exact) mass is 200 g/mol. The fraction of sp³-hybridized carbons (Fsp3) is 0.800. The summed E-state index contributed by atoms with van der Waals surface area (Å²) < 4.78 is 0. The van der Waals surface area contributed by atoms with Gasteiger partial charge in [-0.2, -0.15) is 11.8 Å². The summed E-state index contributed by atoms with van der Waals surface area (Å²) in [5.41, 5.74) is 0. The quantitative estimate of drug-likeness (QED) is 0.654. The van der Waals surface area contributed by atoms with Crippen molar-refractivity contribution in [3.63, 3.8) is 0 Å². The first-order valence-corrected chi connectivity index (χ1v) is 5.83. The molecule has 0 N–H and O–H groups in total. The second-order valence-corrected chi connectivity index (χ2v) is 5.24. The Kier molecular flexibility index (Phi) is 3.97. The van der Waals surface area contributed by atoms with Crippen LogP contribution in [-0.4, -0.2) is 22.6 Å². The third kappa shape index (κ3) is 3.14. The summed E-state index contributed by atoms with van der Waals surface area (Å²) in [7, 11) is 0. The van der Waals surface area contributed by atoms with Crippen LogP contribution in [0.3, 0.4) is 0 Å². The number of carbonyl (C=O) groups excluding carboxylic acids is 2. The standard InChI is InChI=1S/C10H16O2S/c1-3-13-7(2)8-4-9(11)6-10(12)5-8/h7-8H,3-6H2,1-2H3. The Morgan fingerprint density at radius 3 is 2.38 bits per heavy atom. The van der Waals surface area contributed by atoms with Crippen molar-refractivity contribution >= 4 is 23.3 Å². The van der Waals surface area contributed by atoms with Crippen molar-refractivity contribution in [1.82, 2.24) is 0 Å². The summed E-state index contributed by atoms with van der Waals surface area (Å²) in [6, 6.07) is 0. The van der Waals surface area contributed by atoms with E-state index in [2.05, 4.69) is 13.8 Å². The van der Waals surface area contributed by atoms with Crippen LogP contribution in [0.25, 0.3) is 0 Å². The molecule has 0 heterocycles. The van der Waals surface area contributed by atoms with Gasteiger partial charge >= 0.3 is 0 Å². The predicted octanol–water partition coefficient (Wildman–Crippen LogP) is 2.07. The number of Topliss-reactive ketones (excluding diaryl/α,β-unsaturated/α-hetero) is 2. The van der Waals surface area contributed by atoms with Gasteiger partial charge in [0.1, 0.15) is 11.6 Å². The second kappa shape index (κ2) is 4.80. The summed E-state index contributed by atoms with van der Waals surface area (Å²) in [5, 5.41) is 0.443. The van der Waals surface area contributed by atoms with Crippen LogP contribution in [0.2, 0.25) is 0 Å². The molecule has 1 saturated carbocycles. The minimum absolute atomic E-state index is 0.129. The van der Waals surface area contributed by atoms with Gasteiger partial charge in [-0.25, -0.2) is 0 Å². The minimum Gasteiger partial charge on any atom is -0.299 e. The van der Waals surface area contributed by atoms with Gasteiger partial charge in [-0.3, -0.25) is 9.59 Å². The Hall–Kier alpha value is -0.310. The molecule has 0 aromatic carbocycles. The van der Waals surface area contributed by atoms with Gasteiger partial charge < -0.3 is 0 Å². The van der Waals surface area contributed by atoms with E-state index in [1.807, 2.05) is 11.8 Å². The molecule has 3 heteroatoms. The largest absolute Gasteiger partial charge is 0.299 e. The van der Waals surface area contributed by atoms with Crippen LogP contribution in [0.5, 0.6) is 0 Å². The number of rotatable bonds is 3. The van der Waals surface area contributed by atoms with Crippen molar-refractivity contribution in [2.45, 2.75) is 38.4 Å². The molecular formula is C10H16O2S. The normalized spacial score (nSPS) is 22.0. The number of thioether (sulfide) groups is 1. The Morgan fingerprint density at radius 2 is 1.92 bits per heavy atom. The molecule has 1 unspecified atom stereocenters. The summed E-state index contributed by atoms with van der Waals surface area (Å²) in [6.07, 6.45) is 1.40. The number of ketones is 2. The summed E-state index contributed by atoms with van der Waals surface area (Å²) in [6.45, 7) is 4.22. The van der Waals surface area contributed by atoms with Crippen LogP contribution in [0, 0.1) is 5.92 Å². The molecule has 0 aromatic heterocycles. The number of hydrogen-bond donors (Lipinski definition) is 0. The van der Waals surface area contributed by atoms with Crippen molar-refractivity contribution in [2.24, 2.45) is 5.92 Å². The molecule has 0 spiro atoms. The molecule has 0 aromatic rings. The first-order chi connectivity index (χ1) is 6.13. The highest BCUT2D eigenvalue weighted by molar-refractivity contribution is 7.99. The van der Waals surface area contributed by atoms with Crippen molar-refractivity contribution in [1.29, 1.82) is 0 Å². The molecule has 1 aliphatic carbocycles. The molecule has 0 saturated heterocycles. The third-order valence-electron chi connectivity index (χ3n) is 2.47. The lowest BCUT2D eigenvalue weighted by molar-refractivity contribution is -0.131. The number of hydrogen-bond acceptors (Lipinski definition) is 3. The third-order valence-corrected chi connectivity index (χ3v) is 3.71. The molecule has 1 aliphatic rings. The molecule has 0 bridgehead atoms. The maximum atomic E-state index is 11.2. The summed E-state index contributed by atoms with van der Waals surface area (Å²) >= 11 is 1.84. The van der Waals surface area contributed by atoms with E-state index in [-0.39, 0.29) is 18.0 Å². The molecule has 74 valence electrons. The molecule has 1 rings (SSSR count). The van der Waals surface area contributed by atoms with Gasteiger partial charge in [0, 0.05) is 18.1 Å². The molecular weight excluding hydrogens is 184 g/mol. The fourth-order valence-corrected chi connectivity index (χ4v) is 2.74. The average Bonchev–Trinajstić information content (AvgIpc) is 2.03. The van der Waals surface area contributed by atoms with Crippen LogP contribution >= 0.6 is 11.8 Å². The van der Waals surface area contributed by atoms with Crippen molar-refractivity contribution in [3.8, 4) is 0 Å². The van der Waals surface area contributed by atoms with E-state index in [9.17, 15) is 9.59 Å². The molecule has 2 nitrogen and oxygen atoms in total. The van der Waals surface area contributed by atoms with Crippen LogP contribution in [-0.2, 0) is 9.59 Å². The van der Waals surface area contributed by atoms with E-state index >= 15 is 0 Å². The first kappa shape index (κ1) is 10.8. The molecule has 13 heavy (non-hydrogen) atoms. The van der Waals surface area contributed by atoms with Gasteiger partial charge in [-0.1, -0.05) is 13.8 Å². The van der Waals surface area contributed by atoms with E-state index in [1.165, 1.54) is 0 Å². The van der Waals surface area contributed by atoms with E-state index < -0.39 is 0 Å². The predicted molar refractivity (Wildman–Crippen MR) is 54.9 cm³/mol. The van der Waals surface area contributed by atoms with E-state index in [0.717, 1.165) is 5.75 Å². The van der Waals surface area contributed by atoms with Crippen LogP contribution in [0.4, 0.5) is 0 Å². The molecule has 1 atom stereocenters. The highest BCUT2D eigenvalue weighted by Gasteiger charge is 2.28. The van der Waals surface area contributed by atoms with Crippen LogP contribution in [0.15, 0.2) is 0 Å². The fourth-order valence-electron chi connectivity index (χ4n) is 1.75. The maximum absolute atomic E-state index is 11.2. The molecule has 0 aliphatic heterocycles. The van der Waals surface area contributed by atoms with Gasteiger partial charge in [0.2, 0.25) is 0 Å². The van der Waals surface area contributed by atoms with Crippen molar-refractivity contribution < 1.29 is 9.59 Å². The van der Waals surface area contributed by atoms with Crippen LogP contribution < -0.4 is 0 Å². The second-order valence-electron chi connectivity index (χ2n) is 3.58. The van der Waals surface area contributed by atoms with Gasteiger partial charge in [-0.15, -0.1) is 0 Å². The number of carbonyl (C=O) groups is 2. The average molecular weight is 200 g/mol.